The summed E-state index contributed by atoms with van der Waals surface area (Å²) in [7, 11) is 3.56. The number of carbonyl (C=O) groups excluding carboxylic acids is 2. The van der Waals surface area contributed by atoms with E-state index in [0.29, 0.717) is 18.5 Å². The predicted octanol–water partition coefficient (Wildman–Crippen LogP) is 2.67. The van der Waals surface area contributed by atoms with Crippen molar-refractivity contribution < 1.29 is 9.59 Å². The molecule has 1 aliphatic heterocycles. The van der Waals surface area contributed by atoms with Crippen molar-refractivity contribution in [2.24, 2.45) is 5.92 Å². The molecule has 0 spiro atoms. The van der Waals surface area contributed by atoms with Crippen LogP contribution in [0.1, 0.15) is 24.4 Å². The number of pyridine rings is 1. The van der Waals surface area contributed by atoms with Gasteiger partial charge in [0.1, 0.15) is 5.82 Å². The predicted molar refractivity (Wildman–Crippen MR) is 97.1 cm³/mol. The molecule has 2 heterocycles. The topological polar surface area (TPSA) is 74.3 Å². The largest absolute Gasteiger partial charge is 0.373 e. The maximum Gasteiger partial charge on any atom is 0.229 e. The van der Waals surface area contributed by atoms with E-state index in [-0.39, 0.29) is 23.8 Å². The Morgan fingerprint density at radius 3 is 2.60 bits per heavy atom. The second-order valence-electron chi connectivity index (χ2n) is 6.18. The Morgan fingerprint density at radius 1 is 1.20 bits per heavy atom. The average molecular weight is 338 g/mol. The van der Waals surface area contributed by atoms with Gasteiger partial charge in [-0.15, -0.1) is 0 Å². The van der Waals surface area contributed by atoms with E-state index in [9.17, 15) is 9.59 Å². The molecule has 130 valence electrons. The Kier molecular flexibility index (Phi) is 4.97. The van der Waals surface area contributed by atoms with Gasteiger partial charge in [-0.1, -0.05) is 30.3 Å². The highest BCUT2D eigenvalue weighted by Gasteiger charge is 2.38. The first-order chi connectivity index (χ1) is 12.1. The Labute approximate surface area is 147 Å². The fourth-order valence-electron chi connectivity index (χ4n) is 3.27. The van der Waals surface area contributed by atoms with Gasteiger partial charge in [0.15, 0.2) is 0 Å². The van der Waals surface area contributed by atoms with Gasteiger partial charge >= 0.3 is 0 Å². The number of piperidine rings is 1. The molecule has 1 fully saturated rings. The summed E-state index contributed by atoms with van der Waals surface area (Å²) in [5.74, 6) is 0.419. The molecule has 25 heavy (non-hydrogen) atoms. The third-order valence-corrected chi connectivity index (χ3v) is 4.63. The van der Waals surface area contributed by atoms with Gasteiger partial charge in [-0.05, 0) is 24.1 Å². The molecular weight excluding hydrogens is 316 g/mol. The van der Waals surface area contributed by atoms with Crippen molar-refractivity contribution in [2.75, 3.05) is 24.7 Å². The first-order valence-electron chi connectivity index (χ1n) is 8.35. The number of rotatable bonds is 4. The molecule has 2 N–H and O–H groups in total. The van der Waals surface area contributed by atoms with E-state index < -0.39 is 0 Å². The molecule has 0 radical (unpaired) electrons. The summed E-state index contributed by atoms with van der Waals surface area (Å²) in [6.07, 6.45) is 2.55. The number of carbonyl (C=O) groups is 2. The summed E-state index contributed by atoms with van der Waals surface area (Å²) in [6, 6.07) is 13.1. The second-order valence-corrected chi connectivity index (χ2v) is 6.18. The third kappa shape index (κ3) is 3.63. The summed E-state index contributed by atoms with van der Waals surface area (Å²) in [4.78, 5) is 30.9. The molecule has 2 atom stereocenters. The minimum atomic E-state index is -0.297. The second kappa shape index (κ2) is 7.34. The molecular formula is C19H22N4O2. The Hall–Kier alpha value is -2.89. The van der Waals surface area contributed by atoms with Crippen molar-refractivity contribution in [3.63, 3.8) is 0 Å². The lowest BCUT2D eigenvalue weighted by atomic mass is 9.84. The number of likely N-dealkylation sites (tertiary alicyclic amines) is 1. The maximum absolute atomic E-state index is 12.9. The van der Waals surface area contributed by atoms with E-state index in [2.05, 4.69) is 15.6 Å². The van der Waals surface area contributed by atoms with E-state index >= 15 is 0 Å². The first kappa shape index (κ1) is 17.0. The maximum atomic E-state index is 12.9. The molecule has 0 bridgehead atoms. The molecule has 3 rings (SSSR count). The van der Waals surface area contributed by atoms with Gasteiger partial charge in [0, 0.05) is 20.5 Å². The van der Waals surface area contributed by atoms with Gasteiger partial charge in [-0.3, -0.25) is 9.59 Å². The number of amides is 2. The fraction of sp³-hybridized carbons (Fsp3) is 0.316. The van der Waals surface area contributed by atoms with Crippen LogP contribution in [0.4, 0.5) is 11.5 Å². The SMILES string of the molecule is CNc1ccc(NC(=O)C2CCC(=O)N(C)C2c2ccccc2)cn1. The molecule has 0 saturated carbocycles. The van der Waals surface area contributed by atoms with Gasteiger partial charge in [-0.2, -0.15) is 0 Å². The van der Waals surface area contributed by atoms with Crippen LogP contribution in [0.15, 0.2) is 48.7 Å². The van der Waals surface area contributed by atoms with Crippen molar-refractivity contribution in [3.05, 3.63) is 54.2 Å². The Balaban J connectivity index is 1.82. The van der Waals surface area contributed by atoms with Crippen molar-refractivity contribution in [1.29, 1.82) is 0 Å². The van der Waals surface area contributed by atoms with E-state index in [1.165, 1.54) is 0 Å². The van der Waals surface area contributed by atoms with Crippen LogP contribution >= 0.6 is 0 Å². The minimum Gasteiger partial charge on any atom is -0.373 e. The zero-order chi connectivity index (χ0) is 17.8. The fourth-order valence-corrected chi connectivity index (χ4v) is 3.27. The standard InChI is InChI=1S/C19H22N4O2/c1-20-16-10-8-14(12-21-16)22-19(25)15-9-11-17(24)23(2)18(15)13-6-4-3-5-7-13/h3-8,10,12,15,18H,9,11H2,1-2H3,(H,20,21)(H,22,25). The minimum absolute atomic E-state index is 0.0675. The van der Waals surface area contributed by atoms with Crippen LogP contribution in [0.3, 0.4) is 0 Å². The molecule has 1 aromatic carbocycles. The van der Waals surface area contributed by atoms with Crippen LogP contribution in [-0.4, -0.2) is 35.8 Å². The van der Waals surface area contributed by atoms with E-state index in [1.807, 2.05) is 36.4 Å². The number of benzene rings is 1. The van der Waals surface area contributed by atoms with E-state index in [4.69, 9.17) is 0 Å². The van der Waals surface area contributed by atoms with E-state index in [1.54, 1.807) is 31.3 Å². The summed E-state index contributed by atoms with van der Waals surface area (Å²) < 4.78 is 0. The third-order valence-electron chi connectivity index (χ3n) is 4.63. The van der Waals surface area contributed by atoms with Crippen molar-refractivity contribution in [3.8, 4) is 0 Å². The van der Waals surface area contributed by atoms with Crippen LogP contribution in [0.5, 0.6) is 0 Å². The normalized spacial score (nSPS) is 20.2. The number of hydrogen-bond donors (Lipinski definition) is 2. The molecule has 2 aromatic rings. The summed E-state index contributed by atoms with van der Waals surface area (Å²) >= 11 is 0. The molecule has 1 aromatic heterocycles. The monoisotopic (exact) mass is 338 g/mol. The average Bonchev–Trinajstić information content (AvgIpc) is 2.65. The van der Waals surface area contributed by atoms with Gasteiger partial charge in [-0.25, -0.2) is 4.98 Å². The lowest BCUT2D eigenvalue weighted by Gasteiger charge is -2.38. The number of nitrogens with one attached hydrogen (secondary N) is 2. The van der Waals surface area contributed by atoms with Crippen molar-refractivity contribution in [2.45, 2.75) is 18.9 Å². The summed E-state index contributed by atoms with van der Waals surface area (Å²) in [5, 5.41) is 5.87. The summed E-state index contributed by atoms with van der Waals surface area (Å²) in [6.45, 7) is 0. The van der Waals surface area contributed by atoms with Crippen LogP contribution in [0, 0.1) is 5.92 Å². The van der Waals surface area contributed by atoms with Crippen molar-refractivity contribution in [1.82, 2.24) is 9.88 Å². The number of hydrogen-bond acceptors (Lipinski definition) is 4. The van der Waals surface area contributed by atoms with Crippen LogP contribution in [0.2, 0.25) is 0 Å². The number of aromatic nitrogens is 1. The van der Waals surface area contributed by atoms with Gasteiger partial charge in [0.2, 0.25) is 11.8 Å². The van der Waals surface area contributed by atoms with Crippen LogP contribution < -0.4 is 10.6 Å². The van der Waals surface area contributed by atoms with Crippen molar-refractivity contribution >= 4 is 23.3 Å². The number of anilines is 2. The van der Waals surface area contributed by atoms with Gasteiger partial charge in [0.05, 0.1) is 23.8 Å². The lowest BCUT2D eigenvalue weighted by molar-refractivity contribution is -0.140. The molecule has 6 nitrogen and oxygen atoms in total. The Morgan fingerprint density at radius 2 is 1.96 bits per heavy atom. The Bertz CT molecular complexity index is 746. The molecule has 2 unspecified atom stereocenters. The highest BCUT2D eigenvalue weighted by atomic mass is 16.2. The van der Waals surface area contributed by atoms with Gasteiger partial charge in [0.25, 0.3) is 0 Å². The summed E-state index contributed by atoms with van der Waals surface area (Å²) in [5.41, 5.74) is 1.62. The zero-order valence-corrected chi connectivity index (χ0v) is 14.4. The smallest absolute Gasteiger partial charge is 0.229 e. The van der Waals surface area contributed by atoms with Crippen LogP contribution in [0.25, 0.3) is 0 Å². The molecule has 0 aliphatic carbocycles. The zero-order valence-electron chi connectivity index (χ0n) is 14.4. The molecule has 2 amide bonds. The quantitative estimate of drug-likeness (QED) is 0.899. The molecule has 1 aliphatic rings. The molecule has 6 heteroatoms. The van der Waals surface area contributed by atoms with Gasteiger partial charge < -0.3 is 15.5 Å². The molecule has 1 saturated heterocycles. The van der Waals surface area contributed by atoms with Crippen LogP contribution in [-0.2, 0) is 9.59 Å². The van der Waals surface area contributed by atoms with E-state index in [0.717, 1.165) is 11.4 Å². The highest BCUT2D eigenvalue weighted by molar-refractivity contribution is 5.94. The highest BCUT2D eigenvalue weighted by Crippen LogP contribution is 2.36. The number of nitrogens with zero attached hydrogens (tertiary/aromatic N) is 2. The first-order valence-corrected chi connectivity index (χ1v) is 8.35. The lowest BCUT2D eigenvalue weighted by Crippen LogP contribution is -2.44.